The average molecular weight is 368 g/mol. The predicted molar refractivity (Wildman–Crippen MR) is 101 cm³/mol. The van der Waals surface area contributed by atoms with Crippen molar-refractivity contribution in [3.8, 4) is 11.5 Å². The molecule has 1 aromatic carbocycles. The summed E-state index contributed by atoms with van der Waals surface area (Å²) in [5, 5.41) is 0. The molecular weight excluding hydrogens is 344 g/mol. The molecule has 1 unspecified atom stereocenters. The lowest BCUT2D eigenvalue weighted by Crippen LogP contribution is -2.58. The fraction of sp³-hybridized carbons (Fsp3) is 0.429. The summed E-state index contributed by atoms with van der Waals surface area (Å²) >= 11 is 0. The first-order chi connectivity index (χ1) is 13.0. The molecule has 2 heterocycles. The number of carbonyl (C=O) groups is 1. The number of para-hydroxylation sites is 1. The normalized spacial score (nSPS) is 17.9. The maximum Gasteiger partial charge on any atom is 0.263 e. The van der Waals surface area contributed by atoms with Gasteiger partial charge in [0.05, 0.1) is 13.1 Å². The van der Waals surface area contributed by atoms with Gasteiger partial charge >= 0.3 is 0 Å². The predicted octanol–water partition coefficient (Wildman–Crippen LogP) is 2.55. The van der Waals surface area contributed by atoms with Crippen LogP contribution in [0.4, 0.5) is 0 Å². The number of hydrogen-bond acceptors (Lipinski definition) is 4. The summed E-state index contributed by atoms with van der Waals surface area (Å²) in [6.45, 7) is 4.70. The number of pyridine rings is 1. The molecule has 6 heteroatoms. The number of aryl methyl sites for hydroxylation is 1. The van der Waals surface area contributed by atoms with Crippen LogP contribution in [-0.2, 0) is 4.79 Å². The first kappa shape index (κ1) is 17.6. The molecule has 0 radical (unpaired) electrons. The summed E-state index contributed by atoms with van der Waals surface area (Å²) in [6, 6.07) is 13.1. The number of aromatic nitrogens is 1. The molecule has 1 saturated carbocycles. The van der Waals surface area contributed by atoms with E-state index in [4.69, 9.17) is 9.47 Å². The molecule has 6 nitrogen and oxygen atoms in total. The number of likely N-dealkylation sites (tertiary alicyclic amines) is 1. The number of ether oxygens (including phenoxy) is 2. The van der Waals surface area contributed by atoms with Gasteiger partial charge in [0.1, 0.15) is 17.6 Å². The van der Waals surface area contributed by atoms with Gasteiger partial charge in [-0.05, 0) is 44.9 Å². The summed E-state index contributed by atoms with van der Waals surface area (Å²) in [4.78, 5) is 26.4. The second kappa shape index (κ2) is 7.10. The lowest BCUT2D eigenvalue weighted by atomic mass is 10.1. The van der Waals surface area contributed by atoms with Crippen molar-refractivity contribution in [1.29, 1.82) is 0 Å². The quantitative estimate of drug-likeness (QED) is 0.786. The van der Waals surface area contributed by atoms with E-state index < -0.39 is 6.10 Å². The first-order valence-electron chi connectivity index (χ1n) is 9.41. The van der Waals surface area contributed by atoms with Gasteiger partial charge in [-0.15, -0.1) is 0 Å². The molecule has 4 rings (SSSR count). The zero-order chi connectivity index (χ0) is 19.0. The molecule has 1 saturated heterocycles. The molecule has 2 aromatic rings. The minimum Gasteiger partial charge on any atom is -0.486 e. The third-order valence-electron chi connectivity index (χ3n) is 5.01. The van der Waals surface area contributed by atoms with Crippen molar-refractivity contribution in [1.82, 2.24) is 9.47 Å². The van der Waals surface area contributed by atoms with E-state index in [0.29, 0.717) is 30.6 Å². The minimum absolute atomic E-state index is 0.00959. The van der Waals surface area contributed by atoms with Crippen LogP contribution < -0.4 is 15.0 Å². The largest absolute Gasteiger partial charge is 0.486 e. The highest BCUT2D eigenvalue weighted by Gasteiger charge is 2.35. The molecular formula is C21H24N2O4. The monoisotopic (exact) mass is 368 g/mol. The van der Waals surface area contributed by atoms with Crippen LogP contribution in [0, 0.1) is 6.92 Å². The Labute approximate surface area is 158 Å². The Hall–Kier alpha value is -2.76. The van der Waals surface area contributed by atoms with Gasteiger partial charge in [-0.25, -0.2) is 0 Å². The SMILES string of the molecule is Cc1cc(OC2CN(C(=O)C(C)Oc3ccccc3)C2)cc(=O)n1C1CC1. The highest BCUT2D eigenvalue weighted by molar-refractivity contribution is 5.81. The smallest absolute Gasteiger partial charge is 0.263 e. The van der Waals surface area contributed by atoms with E-state index >= 15 is 0 Å². The third-order valence-corrected chi connectivity index (χ3v) is 5.01. The van der Waals surface area contributed by atoms with Crippen LogP contribution in [0.3, 0.4) is 0 Å². The van der Waals surface area contributed by atoms with E-state index in [1.165, 1.54) is 0 Å². The Kier molecular flexibility index (Phi) is 4.64. The summed E-state index contributed by atoms with van der Waals surface area (Å²) in [5.74, 6) is 1.21. The average Bonchev–Trinajstić information content (AvgIpc) is 3.42. The van der Waals surface area contributed by atoms with Gasteiger partial charge in [-0.2, -0.15) is 0 Å². The van der Waals surface area contributed by atoms with Crippen molar-refractivity contribution in [2.24, 2.45) is 0 Å². The molecule has 27 heavy (non-hydrogen) atoms. The van der Waals surface area contributed by atoms with Crippen LogP contribution in [0.1, 0.15) is 31.5 Å². The lowest BCUT2D eigenvalue weighted by molar-refractivity contribution is -0.146. The molecule has 1 aromatic heterocycles. The van der Waals surface area contributed by atoms with Crippen molar-refractivity contribution in [3.63, 3.8) is 0 Å². The highest BCUT2D eigenvalue weighted by Crippen LogP contribution is 2.35. The Morgan fingerprint density at radius 2 is 1.81 bits per heavy atom. The van der Waals surface area contributed by atoms with Crippen LogP contribution in [0.2, 0.25) is 0 Å². The van der Waals surface area contributed by atoms with Gasteiger partial charge in [0.25, 0.3) is 11.5 Å². The Balaban J connectivity index is 1.30. The minimum atomic E-state index is -0.543. The molecule has 0 spiro atoms. The maximum absolute atomic E-state index is 12.5. The summed E-state index contributed by atoms with van der Waals surface area (Å²) in [5.41, 5.74) is 0.918. The molecule has 1 amide bonds. The van der Waals surface area contributed by atoms with Gasteiger partial charge in [-0.1, -0.05) is 18.2 Å². The van der Waals surface area contributed by atoms with Crippen molar-refractivity contribution >= 4 is 5.91 Å². The molecule has 1 atom stereocenters. The van der Waals surface area contributed by atoms with E-state index in [1.54, 1.807) is 17.9 Å². The zero-order valence-corrected chi connectivity index (χ0v) is 15.6. The fourth-order valence-corrected chi connectivity index (χ4v) is 3.45. The molecule has 0 N–H and O–H groups in total. The highest BCUT2D eigenvalue weighted by atomic mass is 16.5. The number of hydrogen-bond donors (Lipinski definition) is 0. The van der Waals surface area contributed by atoms with Crippen LogP contribution in [0.5, 0.6) is 11.5 Å². The summed E-state index contributed by atoms with van der Waals surface area (Å²) < 4.78 is 13.4. The number of nitrogens with zero attached hydrogens (tertiary/aromatic N) is 2. The maximum atomic E-state index is 12.5. The van der Waals surface area contributed by atoms with E-state index in [2.05, 4.69) is 0 Å². The topological polar surface area (TPSA) is 60.8 Å². The number of amides is 1. The van der Waals surface area contributed by atoms with E-state index in [-0.39, 0.29) is 17.6 Å². The molecule has 1 aliphatic carbocycles. The van der Waals surface area contributed by atoms with Gasteiger partial charge in [-0.3, -0.25) is 9.59 Å². The third kappa shape index (κ3) is 3.84. The Morgan fingerprint density at radius 3 is 2.44 bits per heavy atom. The zero-order valence-electron chi connectivity index (χ0n) is 15.6. The van der Waals surface area contributed by atoms with Crippen molar-refractivity contribution in [2.75, 3.05) is 13.1 Å². The Morgan fingerprint density at radius 1 is 1.11 bits per heavy atom. The van der Waals surface area contributed by atoms with E-state index in [9.17, 15) is 9.59 Å². The van der Waals surface area contributed by atoms with E-state index in [0.717, 1.165) is 18.5 Å². The van der Waals surface area contributed by atoms with Gasteiger partial charge in [0.15, 0.2) is 6.10 Å². The summed E-state index contributed by atoms with van der Waals surface area (Å²) in [7, 11) is 0. The number of rotatable bonds is 6. The van der Waals surface area contributed by atoms with Crippen LogP contribution in [0.15, 0.2) is 47.3 Å². The van der Waals surface area contributed by atoms with Gasteiger partial charge in [0.2, 0.25) is 0 Å². The molecule has 1 aliphatic heterocycles. The number of benzene rings is 1. The van der Waals surface area contributed by atoms with Gasteiger partial charge < -0.3 is 18.9 Å². The second-order valence-electron chi connectivity index (χ2n) is 7.33. The molecule has 0 bridgehead atoms. The molecule has 142 valence electrons. The lowest BCUT2D eigenvalue weighted by Gasteiger charge is -2.40. The summed E-state index contributed by atoms with van der Waals surface area (Å²) in [6.07, 6.45) is 1.51. The van der Waals surface area contributed by atoms with Gasteiger partial charge in [0, 0.05) is 17.8 Å². The van der Waals surface area contributed by atoms with Crippen LogP contribution in [-0.4, -0.2) is 40.7 Å². The molecule has 2 aliphatic rings. The van der Waals surface area contributed by atoms with Crippen molar-refractivity contribution in [2.45, 2.75) is 44.9 Å². The van der Waals surface area contributed by atoms with Crippen molar-refractivity contribution in [3.05, 3.63) is 58.5 Å². The first-order valence-corrected chi connectivity index (χ1v) is 9.41. The van der Waals surface area contributed by atoms with Crippen LogP contribution in [0.25, 0.3) is 0 Å². The van der Waals surface area contributed by atoms with Crippen molar-refractivity contribution < 1.29 is 14.3 Å². The van der Waals surface area contributed by atoms with E-state index in [1.807, 2.05) is 47.9 Å². The Bertz CT molecular complexity index is 883. The molecule has 2 fully saturated rings. The van der Waals surface area contributed by atoms with Crippen LogP contribution >= 0.6 is 0 Å². The fourth-order valence-electron chi connectivity index (χ4n) is 3.45. The number of carbonyl (C=O) groups excluding carboxylic acids is 1. The second-order valence-corrected chi connectivity index (χ2v) is 7.33. The standard InChI is InChI=1S/C21H24N2O4/c1-14-10-18(11-20(24)23(14)16-8-9-16)27-19-12-22(13-19)21(25)15(2)26-17-6-4-3-5-7-17/h3-7,10-11,15-16,19H,8-9,12-13H2,1-2H3.